The number of hydrogen-bond donors (Lipinski definition) is 0. The predicted octanol–water partition coefficient (Wildman–Crippen LogP) is 13.1. The van der Waals surface area contributed by atoms with Gasteiger partial charge in [-0.15, -0.1) is 0 Å². The third-order valence-corrected chi connectivity index (χ3v) is 11.7. The quantitative estimate of drug-likeness (QED) is 0.164. The van der Waals surface area contributed by atoms with Crippen LogP contribution in [0, 0.1) is 0 Å². The molecule has 1 atom stereocenters. The second-order valence-electron chi connectivity index (χ2n) is 13.9. The maximum Gasteiger partial charge on any atom is 0.143 e. The van der Waals surface area contributed by atoms with Crippen LogP contribution in [-0.2, 0) is 5.41 Å². The van der Waals surface area contributed by atoms with Crippen molar-refractivity contribution in [2.24, 2.45) is 0 Å². The Labute approximate surface area is 288 Å². The molecule has 1 nitrogen and oxygen atoms in total. The third-order valence-electron chi connectivity index (χ3n) is 11.7. The fourth-order valence-electron chi connectivity index (χ4n) is 9.78. The van der Waals surface area contributed by atoms with E-state index in [0.717, 1.165) is 27.5 Å². The van der Waals surface area contributed by atoms with Crippen molar-refractivity contribution in [2.45, 2.75) is 5.41 Å². The zero-order valence-electron chi connectivity index (χ0n) is 27.1. The van der Waals surface area contributed by atoms with Gasteiger partial charge < -0.3 is 4.42 Å². The number of furan rings is 1. The standard InChI is InChI=1S/C49H28O/c1-3-15-31-29(13-1)30-14-2-4-16-32(30)41-28-45-42(27-40(31)41)34-18-6-9-25-44(34)49(45)43-24-8-5-17-33(43)36-20-11-21-37(47(36)49)39-23-12-22-38-35-19-7-10-26-46(35)50-48(38)39/h1-28H. The summed E-state index contributed by atoms with van der Waals surface area (Å²) in [5.74, 6) is 0. The van der Waals surface area contributed by atoms with Gasteiger partial charge in [-0.3, -0.25) is 0 Å². The Balaban J connectivity index is 1.28. The van der Waals surface area contributed by atoms with Gasteiger partial charge in [-0.05, 0) is 101 Å². The molecule has 1 spiro atoms. The van der Waals surface area contributed by atoms with E-state index in [1.807, 2.05) is 0 Å². The minimum atomic E-state index is -0.510. The zero-order chi connectivity index (χ0) is 32.6. The van der Waals surface area contributed by atoms with Crippen molar-refractivity contribution >= 4 is 54.3 Å². The summed E-state index contributed by atoms with van der Waals surface area (Å²) in [4.78, 5) is 0. The Morgan fingerprint density at radius 3 is 1.46 bits per heavy atom. The molecule has 0 N–H and O–H groups in total. The lowest BCUT2D eigenvalue weighted by Crippen LogP contribution is -2.26. The molecule has 1 unspecified atom stereocenters. The van der Waals surface area contributed by atoms with E-state index in [1.54, 1.807) is 0 Å². The molecule has 2 aliphatic carbocycles. The van der Waals surface area contributed by atoms with E-state index in [9.17, 15) is 0 Å². The Kier molecular flexibility index (Phi) is 4.97. The Morgan fingerprint density at radius 1 is 0.300 bits per heavy atom. The first-order valence-electron chi connectivity index (χ1n) is 17.4. The van der Waals surface area contributed by atoms with Crippen molar-refractivity contribution in [3.8, 4) is 33.4 Å². The summed E-state index contributed by atoms with van der Waals surface area (Å²) in [7, 11) is 0. The van der Waals surface area contributed by atoms with Crippen molar-refractivity contribution in [2.75, 3.05) is 0 Å². The molecule has 10 aromatic rings. The van der Waals surface area contributed by atoms with Gasteiger partial charge in [0.15, 0.2) is 0 Å². The highest BCUT2D eigenvalue weighted by atomic mass is 16.3. The van der Waals surface area contributed by atoms with Crippen LogP contribution in [-0.4, -0.2) is 0 Å². The normalized spacial score (nSPS) is 15.7. The van der Waals surface area contributed by atoms with E-state index in [2.05, 4.69) is 170 Å². The number of hydrogen-bond acceptors (Lipinski definition) is 1. The van der Waals surface area contributed by atoms with Crippen LogP contribution in [0.2, 0.25) is 0 Å². The van der Waals surface area contributed by atoms with Crippen LogP contribution >= 0.6 is 0 Å². The van der Waals surface area contributed by atoms with Gasteiger partial charge in [0.1, 0.15) is 11.2 Å². The van der Waals surface area contributed by atoms with E-state index >= 15 is 0 Å². The number of benzene rings is 9. The lowest BCUT2D eigenvalue weighted by atomic mass is 9.68. The Hall–Kier alpha value is -6.44. The maximum atomic E-state index is 6.71. The molecular formula is C49H28O. The van der Waals surface area contributed by atoms with E-state index in [0.29, 0.717) is 0 Å². The fraction of sp³-hybridized carbons (Fsp3) is 0.0204. The third kappa shape index (κ3) is 3.10. The van der Waals surface area contributed by atoms with Gasteiger partial charge >= 0.3 is 0 Å². The van der Waals surface area contributed by atoms with Crippen molar-refractivity contribution in [1.82, 2.24) is 0 Å². The van der Waals surface area contributed by atoms with Crippen molar-refractivity contribution < 1.29 is 4.42 Å². The van der Waals surface area contributed by atoms with E-state index in [1.165, 1.54) is 82.4 Å². The average Bonchev–Trinajstić information content (AvgIpc) is 3.81. The number of para-hydroxylation sites is 2. The van der Waals surface area contributed by atoms with Gasteiger partial charge in [0, 0.05) is 16.3 Å². The minimum Gasteiger partial charge on any atom is -0.455 e. The highest BCUT2D eigenvalue weighted by Crippen LogP contribution is 2.65. The van der Waals surface area contributed by atoms with Crippen LogP contribution in [0.15, 0.2) is 174 Å². The van der Waals surface area contributed by atoms with Crippen LogP contribution in [0.5, 0.6) is 0 Å². The molecule has 0 saturated heterocycles. The molecule has 12 rings (SSSR count). The second-order valence-corrected chi connectivity index (χ2v) is 13.9. The van der Waals surface area contributed by atoms with Crippen molar-refractivity contribution in [1.29, 1.82) is 0 Å². The van der Waals surface area contributed by atoms with Crippen LogP contribution in [0.3, 0.4) is 0 Å². The smallest absolute Gasteiger partial charge is 0.143 e. The molecule has 9 aromatic carbocycles. The summed E-state index contributed by atoms with van der Waals surface area (Å²) < 4.78 is 6.71. The number of rotatable bonds is 1. The Morgan fingerprint density at radius 2 is 0.760 bits per heavy atom. The predicted molar refractivity (Wildman–Crippen MR) is 208 cm³/mol. The molecule has 1 heterocycles. The van der Waals surface area contributed by atoms with Crippen LogP contribution in [0.4, 0.5) is 0 Å². The lowest BCUT2D eigenvalue weighted by molar-refractivity contribution is 0.670. The first kappa shape index (κ1) is 26.5. The van der Waals surface area contributed by atoms with Crippen molar-refractivity contribution in [3.63, 3.8) is 0 Å². The molecule has 0 saturated carbocycles. The molecule has 230 valence electrons. The first-order valence-corrected chi connectivity index (χ1v) is 17.4. The SMILES string of the molecule is c1ccc2c(c1)-c1cc3c4ccccc4c4ccccc4c3cc1C21c2ccccc2-c2cccc(-c3cccc4c3oc3ccccc34)c21. The maximum absolute atomic E-state index is 6.71. The van der Waals surface area contributed by atoms with Crippen LogP contribution in [0.25, 0.3) is 87.6 Å². The lowest BCUT2D eigenvalue weighted by Gasteiger charge is -2.32. The topological polar surface area (TPSA) is 13.1 Å². The number of fused-ring (bicyclic) bond motifs is 19. The molecular weight excluding hydrogens is 605 g/mol. The molecule has 0 bridgehead atoms. The van der Waals surface area contributed by atoms with Gasteiger partial charge in [0.2, 0.25) is 0 Å². The van der Waals surface area contributed by atoms with E-state index in [-0.39, 0.29) is 0 Å². The molecule has 1 heteroatoms. The van der Waals surface area contributed by atoms with E-state index < -0.39 is 5.41 Å². The van der Waals surface area contributed by atoms with Crippen LogP contribution < -0.4 is 0 Å². The van der Waals surface area contributed by atoms with Gasteiger partial charge in [-0.2, -0.15) is 0 Å². The minimum absolute atomic E-state index is 0.510. The summed E-state index contributed by atoms with van der Waals surface area (Å²) in [5, 5.41) is 10.1. The molecule has 0 amide bonds. The molecule has 0 radical (unpaired) electrons. The molecule has 0 fully saturated rings. The molecule has 2 aliphatic rings. The summed E-state index contributed by atoms with van der Waals surface area (Å²) in [6.45, 7) is 0. The fourth-order valence-corrected chi connectivity index (χ4v) is 9.78. The highest BCUT2D eigenvalue weighted by molar-refractivity contribution is 6.26. The summed E-state index contributed by atoms with van der Waals surface area (Å²) in [5.41, 5.74) is 14.3. The first-order chi connectivity index (χ1) is 24.8. The van der Waals surface area contributed by atoms with Gasteiger partial charge in [-0.1, -0.05) is 152 Å². The molecule has 50 heavy (non-hydrogen) atoms. The second kappa shape index (κ2) is 9.37. The Bertz CT molecular complexity index is 3100. The highest BCUT2D eigenvalue weighted by Gasteiger charge is 2.53. The monoisotopic (exact) mass is 632 g/mol. The average molecular weight is 633 g/mol. The van der Waals surface area contributed by atoms with Crippen LogP contribution in [0.1, 0.15) is 22.3 Å². The van der Waals surface area contributed by atoms with Gasteiger partial charge in [0.25, 0.3) is 0 Å². The largest absolute Gasteiger partial charge is 0.455 e. The zero-order valence-corrected chi connectivity index (χ0v) is 27.1. The summed E-state index contributed by atoms with van der Waals surface area (Å²) in [6.07, 6.45) is 0. The van der Waals surface area contributed by atoms with Gasteiger partial charge in [0.05, 0.1) is 5.41 Å². The molecule has 0 aliphatic heterocycles. The van der Waals surface area contributed by atoms with E-state index in [4.69, 9.17) is 4.42 Å². The summed E-state index contributed by atoms with van der Waals surface area (Å²) >= 11 is 0. The summed E-state index contributed by atoms with van der Waals surface area (Å²) in [6, 6.07) is 63.0. The molecule has 1 aromatic heterocycles. The van der Waals surface area contributed by atoms with Crippen molar-refractivity contribution in [3.05, 3.63) is 192 Å². The van der Waals surface area contributed by atoms with Gasteiger partial charge in [-0.25, -0.2) is 0 Å².